The molecule has 0 unspecified atom stereocenters. The van der Waals surface area contributed by atoms with Crippen molar-refractivity contribution in [3.63, 3.8) is 0 Å². The minimum atomic E-state index is -1.80. The Balaban J connectivity index is 2.25. The van der Waals surface area contributed by atoms with E-state index in [0.717, 1.165) is 6.42 Å². The average Bonchev–Trinajstić information content (AvgIpc) is 2.33. The van der Waals surface area contributed by atoms with Crippen molar-refractivity contribution in [2.24, 2.45) is 0 Å². The molecule has 0 atom stereocenters. The molecule has 0 amide bonds. The first kappa shape index (κ1) is 14.9. The maximum atomic E-state index is 8.69. The zero-order chi connectivity index (χ0) is 13.2. The average molecular weight is 252 g/mol. The first-order chi connectivity index (χ1) is 8.72. The SMILES string of the molecule is CCCCCCCOc1cccc(OB(O)O)c1. The Morgan fingerprint density at radius 3 is 2.50 bits per heavy atom. The monoisotopic (exact) mass is 252 g/mol. The first-order valence-corrected chi connectivity index (χ1v) is 6.48. The summed E-state index contributed by atoms with van der Waals surface area (Å²) >= 11 is 0. The lowest BCUT2D eigenvalue weighted by Crippen LogP contribution is -2.20. The molecule has 0 bridgehead atoms. The third-order valence-electron chi connectivity index (χ3n) is 2.56. The van der Waals surface area contributed by atoms with E-state index in [1.807, 2.05) is 6.07 Å². The van der Waals surface area contributed by atoms with Crippen LogP contribution in [0.4, 0.5) is 0 Å². The zero-order valence-electron chi connectivity index (χ0n) is 10.8. The molecule has 1 aromatic carbocycles. The smallest absolute Gasteiger partial charge is 0.512 e. The van der Waals surface area contributed by atoms with Crippen molar-refractivity contribution < 1.29 is 19.4 Å². The third-order valence-corrected chi connectivity index (χ3v) is 2.56. The van der Waals surface area contributed by atoms with E-state index in [1.54, 1.807) is 18.2 Å². The summed E-state index contributed by atoms with van der Waals surface area (Å²) in [5, 5.41) is 17.4. The highest BCUT2D eigenvalue weighted by Gasteiger charge is 2.11. The second kappa shape index (κ2) is 8.83. The Hall–Kier alpha value is -1.20. The Morgan fingerprint density at radius 2 is 1.78 bits per heavy atom. The lowest BCUT2D eigenvalue weighted by molar-refractivity contribution is 0.284. The van der Waals surface area contributed by atoms with Gasteiger partial charge in [0.15, 0.2) is 0 Å². The van der Waals surface area contributed by atoms with E-state index >= 15 is 0 Å². The summed E-state index contributed by atoms with van der Waals surface area (Å²) in [4.78, 5) is 0. The van der Waals surface area contributed by atoms with Crippen LogP contribution in [0.3, 0.4) is 0 Å². The molecule has 0 saturated carbocycles. The van der Waals surface area contributed by atoms with E-state index in [-0.39, 0.29) is 0 Å². The van der Waals surface area contributed by atoms with Crippen LogP contribution in [-0.4, -0.2) is 24.0 Å². The van der Waals surface area contributed by atoms with Gasteiger partial charge in [-0.1, -0.05) is 38.7 Å². The van der Waals surface area contributed by atoms with Crippen molar-refractivity contribution in [1.82, 2.24) is 0 Å². The van der Waals surface area contributed by atoms with Crippen LogP contribution in [0.2, 0.25) is 0 Å². The highest BCUT2D eigenvalue weighted by molar-refractivity contribution is 6.33. The summed E-state index contributed by atoms with van der Waals surface area (Å²) in [6.07, 6.45) is 5.98. The van der Waals surface area contributed by atoms with Gasteiger partial charge in [0.05, 0.1) is 6.61 Å². The molecule has 0 aliphatic carbocycles. The van der Waals surface area contributed by atoms with Crippen LogP contribution < -0.4 is 9.39 Å². The Bertz CT molecular complexity index is 331. The van der Waals surface area contributed by atoms with Crippen LogP contribution in [0, 0.1) is 0 Å². The standard InChI is InChI=1S/C13H21BO4/c1-2-3-4-5-6-10-17-12-8-7-9-13(11-12)18-14(15)16/h7-9,11,15-16H,2-6,10H2,1H3. The largest absolute Gasteiger partial charge is 0.707 e. The Morgan fingerprint density at radius 1 is 1.06 bits per heavy atom. The molecule has 0 aliphatic rings. The fourth-order valence-corrected chi connectivity index (χ4v) is 1.65. The van der Waals surface area contributed by atoms with Crippen molar-refractivity contribution in [2.75, 3.05) is 6.61 Å². The van der Waals surface area contributed by atoms with Crippen molar-refractivity contribution in [2.45, 2.75) is 39.0 Å². The number of unbranched alkanes of at least 4 members (excludes halogenated alkanes) is 4. The molecule has 1 aromatic rings. The van der Waals surface area contributed by atoms with Crippen LogP contribution in [0.5, 0.6) is 11.5 Å². The van der Waals surface area contributed by atoms with Crippen molar-refractivity contribution >= 4 is 7.32 Å². The maximum absolute atomic E-state index is 8.69. The molecule has 0 aliphatic heterocycles. The minimum absolute atomic E-state index is 0.383. The molecule has 0 heterocycles. The Labute approximate surface area is 109 Å². The van der Waals surface area contributed by atoms with Crippen LogP contribution >= 0.6 is 0 Å². The summed E-state index contributed by atoms with van der Waals surface area (Å²) < 4.78 is 10.3. The Kier molecular flexibility index (Phi) is 7.29. The van der Waals surface area contributed by atoms with Crippen molar-refractivity contribution in [3.8, 4) is 11.5 Å². The number of hydrogen-bond acceptors (Lipinski definition) is 4. The van der Waals surface area contributed by atoms with E-state index in [9.17, 15) is 0 Å². The fourth-order valence-electron chi connectivity index (χ4n) is 1.65. The molecule has 0 aromatic heterocycles. The molecular formula is C13H21BO4. The number of rotatable bonds is 9. The molecule has 18 heavy (non-hydrogen) atoms. The normalized spacial score (nSPS) is 10.2. The van der Waals surface area contributed by atoms with Crippen molar-refractivity contribution in [1.29, 1.82) is 0 Å². The van der Waals surface area contributed by atoms with Gasteiger partial charge in [-0.15, -0.1) is 0 Å². The molecule has 5 heteroatoms. The summed E-state index contributed by atoms with van der Waals surface area (Å²) in [5.41, 5.74) is 0. The molecule has 1 rings (SSSR count). The van der Waals surface area contributed by atoms with Gasteiger partial charge in [-0.25, -0.2) is 0 Å². The van der Waals surface area contributed by atoms with E-state index < -0.39 is 7.32 Å². The van der Waals surface area contributed by atoms with Gasteiger partial charge in [0, 0.05) is 6.07 Å². The minimum Gasteiger partial charge on any atom is -0.512 e. The van der Waals surface area contributed by atoms with Gasteiger partial charge < -0.3 is 19.4 Å². The number of hydrogen-bond donors (Lipinski definition) is 2. The summed E-state index contributed by atoms with van der Waals surface area (Å²) in [6.45, 7) is 2.87. The molecule has 100 valence electrons. The van der Waals surface area contributed by atoms with Gasteiger partial charge in [0.1, 0.15) is 11.5 Å². The molecular weight excluding hydrogens is 231 g/mol. The predicted molar refractivity (Wildman–Crippen MR) is 71.5 cm³/mol. The first-order valence-electron chi connectivity index (χ1n) is 6.48. The number of ether oxygens (including phenoxy) is 1. The molecule has 0 fully saturated rings. The lowest BCUT2D eigenvalue weighted by atomic mass is 10.2. The van der Waals surface area contributed by atoms with Gasteiger partial charge in [0.2, 0.25) is 0 Å². The third kappa shape index (κ3) is 6.52. The lowest BCUT2D eigenvalue weighted by Gasteiger charge is -2.09. The summed E-state index contributed by atoms with van der Waals surface area (Å²) in [6, 6.07) is 6.87. The van der Waals surface area contributed by atoms with E-state index in [1.165, 1.54) is 25.7 Å². The van der Waals surface area contributed by atoms with Gasteiger partial charge in [0.25, 0.3) is 0 Å². The highest BCUT2D eigenvalue weighted by Crippen LogP contribution is 2.19. The van der Waals surface area contributed by atoms with E-state index in [0.29, 0.717) is 18.1 Å². The van der Waals surface area contributed by atoms with Crippen LogP contribution in [-0.2, 0) is 0 Å². The molecule has 0 radical (unpaired) electrons. The van der Waals surface area contributed by atoms with Crippen LogP contribution in [0.1, 0.15) is 39.0 Å². The van der Waals surface area contributed by atoms with Crippen molar-refractivity contribution in [3.05, 3.63) is 24.3 Å². The topological polar surface area (TPSA) is 58.9 Å². The van der Waals surface area contributed by atoms with Gasteiger partial charge in [-0.05, 0) is 18.6 Å². The van der Waals surface area contributed by atoms with E-state index in [4.69, 9.17) is 19.4 Å². The van der Waals surface area contributed by atoms with Gasteiger partial charge in [-0.3, -0.25) is 0 Å². The van der Waals surface area contributed by atoms with Crippen LogP contribution in [0.25, 0.3) is 0 Å². The van der Waals surface area contributed by atoms with E-state index in [2.05, 4.69) is 6.92 Å². The second-order valence-corrected chi connectivity index (χ2v) is 4.18. The van der Waals surface area contributed by atoms with Gasteiger partial charge in [-0.2, -0.15) is 0 Å². The zero-order valence-corrected chi connectivity index (χ0v) is 10.8. The van der Waals surface area contributed by atoms with Crippen LogP contribution in [0.15, 0.2) is 24.3 Å². The molecule has 0 saturated heterocycles. The highest BCUT2D eigenvalue weighted by atomic mass is 16.6. The summed E-state index contributed by atoms with van der Waals surface area (Å²) in [7, 11) is -1.80. The predicted octanol–water partition coefficient (Wildman–Crippen LogP) is 2.38. The second-order valence-electron chi connectivity index (χ2n) is 4.18. The van der Waals surface area contributed by atoms with Gasteiger partial charge >= 0.3 is 7.32 Å². The molecule has 0 spiro atoms. The summed E-state index contributed by atoms with van der Waals surface area (Å²) in [5.74, 6) is 1.07. The fraction of sp³-hybridized carbons (Fsp3) is 0.538. The maximum Gasteiger partial charge on any atom is 0.707 e. The molecule has 4 nitrogen and oxygen atoms in total. The quantitative estimate of drug-likeness (QED) is 0.523. The number of benzene rings is 1. The molecule has 2 N–H and O–H groups in total.